The molecule has 0 aromatic heterocycles. The van der Waals surface area contributed by atoms with Crippen molar-refractivity contribution in [3.8, 4) is 0 Å². The van der Waals surface area contributed by atoms with Crippen molar-refractivity contribution in [2.24, 2.45) is 5.73 Å². The number of hydrogen-bond donors (Lipinski definition) is 1. The summed E-state index contributed by atoms with van der Waals surface area (Å²) in [4.78, 5) is 0. The quantitative estimate of drug-likeness (QED) is 0.911. The molecule has 0 unspecified atom stereocenters. The van der Waals surface area contributed by atoms with Gasteiger partial charge in [-0.25, -0.2) is 8.42 Å². The van der Waals surface area contributed by atoms with E-state index in [1.165, 1.54) is 6.26 Å². The average Bonchev–Trinajstić information content (AvgIpc) is 2.02. The Morgan fingerprint density at radius 3 is 2.29 bits per heavy atom. The topological polar surface area (TPSA) is 60.2 Å². The van der Waals surface area contributed by atoms with E-state index in [1.807, 2.05) is 24.3 Å². The first-order valence-electron chi connectivity index (χ1n) is 4.07. The molecule has 1 aromatic rings. The van der Waals surface area contributed by atoms with Crippen LogP contribution < -0.4 is 5.73 Å². The molecular formula is C9H12BrNO2S. The molecule has 1 aromatic carbocycles. The number of halogens is 1. The van der Waals surface area contributed by atoms with Gasteiger partial charge in [-0.3, -0.25) is 0 Å². The molecule has 2 N–H and O–H groups in total. The van der Waals surface area contributed by atoms with Gasteiger partial charge in [0, 0.05) is 16.8 Å². The van der Waals surface area contributed by atoms with Gasteiger partial charge >= 0.3 is 0 Å². The zero-order valence-corrected chi connectivity index (χ0v) is 10.2. The summed E-state index contributed by atoms with van der Waals surface area (Å²) in [7, 11) is -3.02. The molecule has 5 heteroatoms. The van der Waals surface area contributed by atoms with Gasteiger partial charge in [0.1, 0.15) is 9.84 Å². The molecule has 0 aliphatic carbocycles. The summed E-state index contributed by atoms with van der Waals surface area (Å²) in [6.45, 7) is 0. The van der Waals surface area contributed by atoms with Gasteiger partial charge in [-0.15, -0.1) is 0 Å². The van der Waals surface area contributed by atoms with E-state index >= 15 is 0 Å². The molecular weight excluding hydrogens is 266 g/mol. The van der Waals surface area contributed by atoms with Gasteiger partial charge in [0.05, 0.1) is 5.75 Å². The molecule has 0 spiro atoms. The maximum Gasteiger partial charge on any atom is 0.149 e. The Balaban J connectivity index is 2.80. The number of benzene rings is 1. The minimum Gasteiger partial charge on any atom is -0.323 e. The first kappa shape index (κ1) is 11.7. The molecule has 0 heterocycles. The third-order valence-electron chi connectivity index (χ3n) is 1.78. The Bertz CT molecular complexity index is 399. The summed E-state index contributed by atoms with van der Waals surface area (Å²) in [6, 6.07) is 6.88. The van der Waals surface area contributed by atoms with Crippen molar-refractivity contribution in [2.75, 3.05) is 12.0 Å². The molecule has 78 valence electrons. The molecule has 0 amide bonds. The van der Waals surface area contributed by atoms with Crippen LogP contribution in [0.1, 0.15) is 11.6 Å². The fraction of sp³-hybridized carbons (Fsp3) is 0.333. The Morgan fingerprint density at radius 1 is 1.36 bits per heavy atom. The summed E-state index contributed by atoms with van der Waals surface area (Å²) in [5, 5.41) is 0. The lowest BCUT2D eigenvalue weighted by Gasteiger charge is -2.10. The normalized spacial score (nSPS) is 13.9. The fourth-order valence-corrected chi connectivity index (χ4v) is 2.24. The molecule has 14 heavy (non-hydrogen) atoms. The molecule has 1 atom stereocenters. The lowest BCUT2D eigenvalue weighted by molar-refractivity contribution is 0.595. The van der Waals surface area contributed by atoms with Crippen molar-refractivity contribution >= 4 is 25.8 Å². The average molecular weight is 278 g/mol. The van der Waals surface area contributed by atoms with E-state index in [0.717, 1.165) is 10.0 Å². The Labute approximate surface area is 92.4 Å². The highest BCUT2D eigenvalue weighted by atomic mass is 79.9. The van der Waals surface area contributed by atoms with E-state index in [4.69, 9.17) is 5.73 Å². The maximum absolute atomic E-state index is 11.0. The van der Waals surface area contributed by atoms with Crippen LogP contribution in [0.5, 0.6) is 0 Å². The summed E-state index contributed by atoms with van der Waals surface area (Å²) in [5.41, 5.74) is 6.57. The van der Waals surface area contributed by atoms with Gasteiger partial charge in [-0.2, -0.15) is 0 Å². The Hall–Kier alpha value is -0.390. The molecule has 0 aliphatic rings. The highest BCUT2D eigenvalue weighted by Gasteiger charge is 2.12. The van der Waals surface area contributed by atoms with Gasteiger partial charge in [0.2, 0.25) is 0 Å². The number of sulfone groups is 1. The van der Waals surface area contributed by atoms with Crippen LogP contribution in [0.4, 0.5) is 0 Å². The standard InChI is InChI=1S/C9H12BrNO2S/c1-14(12,13)6-9(11)7-2-4-8(10)5-3-7/h2-5,9H,6,11H2,1H3/t9-/m1/s1. The second-order valence-electron chi connectivity index (χ2n) is 3.25. The number of rotatable bonds is 3. The summed E-state index contributed by atoms with van der Waals surface area (Å²) in [6.07, 6.45) is 1.19. The van der Waals surface area contributed by atoms with Crippen LogP contribution >= 0.6 is 15.9 Å². The first-order chi connectivity index (χ1) is 6.38. The lowest BCUT2D eigenvalue weighted by atomic mass is 10.1. The molecule has 0 aliphatic heterocycles. The van der Waals surface area contributed by atoms with Crippen LogP contribution in [-0.4, -0.2) is 20.4 Å². The molecule has 0 bridgehead atoms. The van der Waals surface area contributed by atoms with Crippen molar-refractivity contribution < 1.29 is 8.42 Å². The summed E-state index contributed by atoms with van der Waals surface area (Å²) in [5.74, 6) is -0.0192. The number of hydrogen-bond acceptors (Lipinski definition) is 3. The van der Waals surface area contributed by atoms with E-state index in [-0.39, 0.29) is 5.75 Å². The van der Waals surface area contributed by atoms with E-state index < -0.39 is 15.9 Å². The molecule has 0 fully saturated rings. The van der Waals surface area contributed by atoms with E-state index in [1.54, 1.807) is 0 Å². The van der Waals surface area contributed by atoms with Crippen molar-refractivity contribution in [3.63, 3.8) is 0 Å². The predicted molar refractivity (Wildman–Crippen MR) is 60.8 cm³/mol. The van der Waals surface area contributed by atoms with Gasteiger partial charge in [0.25, 0.3) is 0 Å². The second kappa shape index (κ2) is 4.42. The van der Waals surface area contributed by atoms with Crippen molar-refractivity contribution in [3.05, 3.63) is 34.3 Å². The SMILES string of the molecule is CS(=O)(=O)C[C@@H](N)c1ccc(Br)cc1. The van der Waals surface area contributed by atoms with Crippen LogP contribution in [-0.2, 0) is 9.84 Å². The number of nitrogens with two attached hydrogens (primary N) is 1. The Kier molecular flexibility index (Phi) is 3.69. The minimum absolute atomic E-state index is 0.0192. The van der Waals surface area contributed by atoms with Crippen LogP contribution in [0, 0.1) is 0 Å². The lowest BCUT2D eigenvalue weighted by Crippen LogP contribution is -2.20. The molecule has 0 saturated heterocycles. The van der Waals surface area contributed by atoms with Crippen molar-refractivity contribution in [2.45, 2.75) is 6.04 Å². The molecule has 3 nitrogen and oxygen atoms in total. The molecule has 1 rings (SSSR count). The monoisotopic (exact) mass is 277 g/mol. The minimum atomic E-state index is -3.02. The largest absolute Gasteiger partial charge is 0.323 e. The van der Waals surface area contributed by atoms with Crippen molar-refractivity contribution in [1.82, 2.24) is 0 Å². The maximum atomic E-state index is 11.0. The molecule has 0 radical (unpaired) electrons. The highest BCUT2D eigenvalue weighted by Crippen LogP contribution is 2.16. The fourth-order valence-electron chi connectivity index (χ4n) is 1.13. The van der Waals surface area contributed by atoms with E-state index in [2.05, 4.69) is 15.9 Å². The van der Waals surface area contributed by atoms with E-state index in [9.17, 15) is 8.42 Å². The highest BCUT2D eigenvalue weighted by molar-refractivity contribution is 9.10. The van der Waals surface area contributed by atoms with Gasteiger partial charge in [-0.05, 0) is 17.7 Å². The smallest absolute Gasteiger partial charge is 0.149 e. The predicted octanol–water partition coefficient (Wildman–Crippen LogP) is 1.49. The van der Waals surface area contributed by atoms with E-state index in [0.29, 0.717) is 0 Å². The molecule has 0 saturated carbocycles. The van der Waals surface area contributed by atoms with Crippen LogP contribution in [0.2, 0.25) is 0 Å². The zero-order chi connectivity index (χ0) is 10.8. The van der Waals surface area contributed by atoms with Gasteiger partial charge < -0.3 is 5.73 Å². The first-order valence-corrected chi connectivity index (χ1v) is 6.92. The third kappa shape index (κ3) is 3.77. The second-order valence-corrected chi connectivity index (χ2v) is 6.35. The van der Waals surface area contributed by atoms with Gasteiger partial charge in [-0.1, -0.05) is 28.1 Å². The Morgan fingerprint density at radius 2 is 1.86 bits per heavy atom. The zero-order valence-electron chi connectivity index (χ0n) is 7.77. The van der Waals surface area contributed by atoms with Gasteiger partial charge in [0.15, 0.2) is 0 Å². The van der Waals surface area contributed by atoms with Crippen LogP contribution in [0.15, 0.2) is 28.7 Å². The summed E-state index contributed by atoms with van der Waals surface area (Å²) < 4.78 is 22.9. The van der Waals surface area contributed by atoms with Crippen molar-refractivity contribution in [1.29, 1.82) is 0 Å². The summed E-state index contributed by atoms with van der Waals surface area (Å²) >= 11 is 3.30. The van der Waals surface area contributed by atoms with Crippen LogP contribution in [0.25, 0.3) is 0 Å². The third-order valence-corrected chi connectivity index (χ3v) is 3.27. The van der Waals surface area contributed by atoms with Crippen LogP contribution in [0.3, 0.4) is 0 Å².